The van der Waals surface area contributed by atoms with Crippen LogP contribution >= 0.6 is 11.6 Å². The fourth-order valence-electron chi connectivity index (χ4n) is 1.31. The van der Waals surface area contributed by atoms with Gasteiger partial charge in [-0.3, -0.25) is 4.79 Å². The van der Waals surface area contributed by atoms with E-state index in [1.165, 1.54) is 12.7 Å². The van der Waals surface area contributed by atoms with E-state index in [9.17, 15) is 4.79 Å². The zero-order chi connectivity index (χ0) is 11.5. The number of fused-ring (bicyclic) bond motifs is 1. The fraction of sp³-hybridized carbons (Fsp3) is 0.333. The highest BCUT2D eigenvalue weighted by Crippen LogP contribution is 2.16. The second-order valence-corrected chi connectivity index (χ2v) is 3.37. The number of imidazole rings is 1. The highest BCUT2D eigenvalue weighted by atomic mass is 35.5. The smallest absolute Gasteiger partial charge is 0.326 e. The van der Waals surface area contributed by atoms with E-state index in [0.717, 1.165) is 0 Å². The summed E-state index contributed by atoms with van der Waals surface area (Å²) >= 11 is 5.82. The van der Waals surface area contributed by atoms with Crippen LogP contribution in [0.25, 0.3) is 11.2 Å². The van der Waals surface area contributed by atoms with Crippen LogP contribution in [0, 0.1) is 0 Å². The molecule has 0 N–H and O–H groups in total. The van der Waals surface area contributed by atoms with E-state index in [2.05, 4.69) is 15.0 Å². The number of ether oxygens (including phenoxy) is 1. The molecule has 84 valence electrons. The van der Waals surface area contributed by atoms with E-state index < -0.39 is 0 Å². The Morgan fingerprint density at radius 1 is 1.50 bits per heavy atom. The van der Waals surface area contributed by atoms with Gasteiger partial charge in [0.1, 0.15) is 18.4 Å². The molecule has 0 radical (unpaired) electrons. The Bertz CT molecular complexity index is 525. The van der Waals surface area contributed by atoms with E-state index in [1.54, 1.807) is 11.5 Å². The van der Waals surface area contributed by atoms with Gasteiger partial charge in [0.25, 0.3) is 0 Å². The van der Waals surface area contributed by atoms with Gasteiger partial charge in [-0.25, -0.2) is 15.0 Å². The first-order chi connectivity index (χ1) is 7.72. The molecule has 2 aromatic heterocycles. The molecule has 2 rings (SSSR count). The highest BCUT2D eigenvalue weighted by Gasteiger charge is 2.11. The van der Waals surface area contributed by atoms with Crippen molar-refractivity contribution in [2.24, 2.45) is 0 Å². The summed E-state index contributed by atoms with van der Waals surface area (Å²) in [5, 5.41) is 0.271. The van der Waals surface area contributed by atoms with Crippen molar-refractivity contribution in [3.63, 3.8) is 0 Å². The van der Waals surface area contributed by atoms with Gasteiger partial charge in [0.05, 0.1) is 12.9 Å². The van der Waals surface area contributed by atoms with Crippen molar-refractivity contribution in [3.8, 4) is 0 Å². The van der Waals surface area contributed by atoms with Crippen LogP contribution in [0.5, 0.6) is 0 Å². The Morgan fingerprint density at radius 3 is 3.06 bits per heavy atom. The number of carbonyl (C=O) groups excluding carboxylic acids is 1. The molecule has 0 atom stereocenters. The van der Waals surface area contributed by atoms with E-state index in [0.29, 0.717) is 17.8 Å². The second-order valence-electron chi connectivity index (χ2n) is 3.01. The van der Waals surface area contributed by atoms with E-state index >= 15 is 0 Å². The van der Waals surface area contributed by atoms with Crippen molar-refractivity contribution < 1.29 is 9.53 Å². The fourth-order valence-corrected chi connectivity index (χ4v) is 1.49. The van der Waals surface area contributed by atoms with Crippen molar-refractivity contribution in [1.29, 1.82) is 0 Å². The van der Waals surface area contributed by atoms with Crippen LogP contribution in [-0.4, -0.2) is 32.1 Å². The summed E-state index contributed by atoms with van der Waals surface area (Å²) in [5.41, 5.74) is 1.00. The van der Waals surface area contributed by atoms with Gasteiger partial charge in [-0.2, -0.15) is 0 Å². The van der Waals surface area contributed by atoms with Crippen LogP contribution in [0.15, 0.2) is 12.7 Å². The standard InChI is InChI=1S/C9H9ClN4O2/c1-2-16-6(15)3-14-5-13-7-8(10)11-4-12-9(7)14/h4-5H,2-3H2,1H3. The molecule has 0 aliphatic heterocycles. The number of aromatic nitrogens is 4. The summed E-state index contributed by atoms with van der Waals surface area (Å²) in [4.78, 5) is 23.1. The largest absolute Gasteiger partial charge is 0.465 e. The van der Waals surface area contributed by atoms with Crippen molar-refractivity contribution in [3.05, 3.63) is 17.8 Å². The minimum Gasteiger partial charge on any atom is -0.465 e. The molecule has 6 nitrogen and oxygen atoms in total. The first-order valence-corrected chi connectivity index (χ1v) is 5.07. The lowest BCUT2D eigenvalue weighted by Gasteiger charge is -2.02. The summed E-state index contributed by atoms with van der Waals surface area (Å²) in [5.74, 6) is -0.337. The molecule has 2 heterocycles. The van der Waals surface area contributed by atoms with Crippen LogP contribution in [0.4, 0.5) is 0 Å². The summed E-state index contributed by atoms with van der Waals surface area (Å²) in [6.45, 7) is 2.17. The lowest BCUT2D eigenvalue weighted by Crippen LogP contribution is -2.13. The van der Waals surface area contributed by atoms with Crippen molar-refractivity contribution >= 4 is 28.7 Å². The molecule has 16 heavy (non-hydrogen) atoms. The van der Waals surface area contributed by atoms with Crippen LogP contribution in [0.1, 0.15) is 6.92 Å². The van der Waals surface area contributed by atoms with Crippen LogP contribution in [-0.2, 0) is 16.1 Å². The molecule has 0 aliphatic carbocycles. The van der Waals surface area contributed by atoms with Crippen molar-refractivity contribution in [1.82, 2.24) is 19.5 Å². The molecule has 0 saturated heterocycles. The second kappa shape index (κ2) is 4.44. The van der Waals surface area contributed by atoms with E-state index in [1.807, 2.05) is 0 Å². The van der Waals surface area contributed by atoms with E-state index in [-0.39, 0.29) is 17.7 Å². The highest BCUT2D eigenvalue weighted by molar-refractivity contribution is 6.33. The molecule has 0 fully saturated rings. The quantitative estimate of drug-likeness (QED) is 0.592. The summed E-state index contributed by atoms with van der Waals surface area (Å²) in [6, 6.07) is 0. The molecule has 0 aliphatic rings. The Labute approximate surface area is 96.2 Å². The molecule has 0 amide bonds. The molecule has 7 heteroatoms. The Kier molecular flexibility index (Phi) is 3.00. The van der Waals surface area contributed by atoms with Crippen molar-refractivity contribution in [2.75, 3.05) is 6.61 Å². The maximum absolute atomic E-state index is 11.3. The maximum Gasteiger partial charge on any atom is 0.326 e. The van der Waals surface area contributed by atoms with Gasteiger partial charge < -0.3 is 9.30 Å². The first kappa shape index (κ1) is 10.8. The predicted molar refractivity (Wildman–Crippen MR) is 57.0 cm³/mol. The van der Waals surface area contributed by atoms with Crippen LogP contribution in [0.2, 0.25) is 5.15 Å². The molecule has 0 aromatic carbocycles. The SMILES string of the molecule is CCOC(=O)Cn1cnc2c(Cl)ncnc21. The summed E-state index contributed by atoms with van der Waals surface area (Å²) < 4.78 is 6.40. The van der Waals surface area contributed by atoms with Gasteiger partial charge in [-0.15, -0.1) is 0 Å². The van der Waals surface area contributed by atoms with E-state index in [4.69, 9.17) is 16.3 Å². The van der Waals surface area contributed by atoms with Crippen LogP contribution in [0.3, 0.4) is 0 Å². The molecule has 2 aromatic rings. The average molecular weight is 241 g/mol. The monoisotopic (exact) mass is 240 g/mol. The van der Waals surface area contributed by atoms with Gasteiger partial charge in [-0.1, -0.05) is 11.6 Å². The van der Waals surface area contributed by atoms with Gasteiger partial charge in [0.2, 0.25) is 0 Å². The maximum atomic E-state index is 11.3. The molecular weight excluding hydrogens is 232 g/mol. The minimum atomic E-state index is -0.337. The third-order valence-corrected chi connectivity index (χ3v) is 2.24. The molecule has 0 spiro atoms. The Morgan fingerprint density at radius 2 is 2.31 bits per heavy atom. The van der Waals surface area contributed by atoms with Gasteiger partial charge in [0.15, 0.2) is 10.8 Å². The van der Waals surface area contributed by atoms with Crippen LogP contribution < -0.4 is 0 Å². The molecule has 0 unspecified atom stereocenters. The Hall–Kier alpha value is -1.69. The number of nitrogens with zero attached hydrogens (tertiary/aromatic N) is 4. The zero-order valence-electron chi connectivity index (χ0n) is 8.55. The molecule has 0 bridgehead atoms. The lowest BCUT2D eigenvalue weighted by molar-refractivity contribution is -0.143. The summed E-state index contributed by atoms with van der Waals surface area (Å²) in [6.07, 6.45) is 2.82. The topological polar surface area (TPSA) is 69.9 Å². The number of carbonyl (C=O) groups is 1. The number of hydrogen-bond acceptors (Lipinski definition) is 5. The number of hydrogen-bond donors (Lipinski definition) is 0. The minimum absolute atomic E-state index is 0.0671. The normalized spacial score (nSPS) is 10.6. The number of esters is 1. The number of halogens is 1. The molecule has 0 saturated carbocycles. The Balaban J connectivity index is 2.32. The lowest BCUT2D eigenvalue weighted by atomic mass is 10.5. The predicted octanol–water partition coefficient (Wildman–Crippen LogP) is 1.04. The summed E-state index contributed by atoms with van der Waals surface area (Å²) in [7, 11) is 0. The third-order valence-electron chi connectivity index (χ3n) is 1.96. The van der Waals surface area contributed by atoms with Gasteiger partial charge in [-0.05, 0) is 6.92 Å². The third kappa shape index (κ3) is 1.96. The van der Waals surface area contributed by atoms with Gasteiger partial charge in [0, 0.05) is 0 Å². The average Bonchev–Trinajstić information content (AvgIpc) is 2.64. The molecular formula is C9H9ClN4O2. The van der Waals surface area contributed by atoms with Crippen molar-refractivity contribution in [2.45, 2.75) is 13.5 Å². The number of rotatable bonds is 3. The zero-order valence-corrected chi connectivity index (χ0v) is 9.31. The first-order valence-electron chi connectivity index (χ1n) is 4.69. The van der Waals surface area contributed by atoms with Gasteiger partial charge >= 0.3 is 5.97 Å².